The van der Waals surface area contributed by atoms with E-state index >= 15 is 0 Å². The number of fused-ring (bicyclic) bond motifs is 11. The Morgan fingerprint density at radius 1 is 0.424 bits per heavy atom. The molecule has 5 aliphatic rings. The average molecular weight is 844 g/mol. The van der Waals surface area contributed by atoms with E-state index in [1.807, 2.05) is 0 Å². The highest BCUT2D eigenvalue weighted by Gasteiger charge is 2.63. The minimum atomic E-state index is -0.157. The zero-order valence-corrected chi connectivity index (χ0v) is 36.8. The molecule has 0 aromatic heterocycles. The molecule has 1 nitrogen and oxygen atoms in total. The van der Waals surface area contributed by atoms with E-state index in [0.717, 1.165) is 24.2 Å². The van der Waals surface area contributed by atoms with Crippen LogP contribution >= 0.6 is 0 Å². The fraction of sp³-hybridized carbons (Fsp3) is 0.108. The van der Waals surface area contributed by atoms with Crippen molar-refractivity contribution in [3.8, 4) is 44.5 Å². The molecule has 8 aromatic carbocycles. The Balaban J connectivity index is 0.981. The number of benzene rings is 8. The second-order valence-corrected chi connectivity index (χ2v) is 18.6. The maximum atomic E-state index is 2.61. The lowest BCUT2D eigenvalue weighted by molar-refractivity contribution is 0.305. The van der Waals surface area contributed by atoms with Crippen molar-refractivity contribution in [1.29, 1.82) is 0 Å². The van der Waals surface area contributed by atoms with Crippen LogP contribution in [0.15, 0.2) is 260 Å². The molecule has 0 N–H and O–H groups in total. The SMILES string of the molecule is C1=CC2C3=CCCC=C3C3(c4cc(N(c5ccc(-c6ccc7ccccc7c6-c6ccc(-c7ccccc7)cc6)cc5)c5ccccc5-c5ccccc5)ccc4C4C=CC=CC43)C2C=C1. The molecule has 0 amide bonds. The topological polar surface area (TPSA) is 3.24 Å². The molecule has 13 rings (SSSR count). The molecule has 0 bridgehead atoms. The van der Waals surface area contributed by atoms with Crippen molar-refractivity contribution < 1.29 is 0 Å². The van der Waals surface area contributed by atoms with Gasteiger partial charge in [0, 0.05) is 46.0 Å². The third-order valence-corrected chi connectivity index (χ3v) is 15.3. The Kier molecular flexibility index (Phi) is 9.24. The lowest BCUT2D eigenvalue weighted by atomic mass is 9.61. The van der Waals surface area contributed by atoms with E-state index in [1.54, 1.807) is 11.1 Å². The summed E-state index contributed by atoms with van der Waals surface area (Å²) >= 11 is 0. The quantitative estimate of drug-likeness (QED) is 0.154. The maximum absolute atomic E-state index is 2.61. The van der Waals surface area contributed by atoms with Gasteiger partial charge in [0.1, 0.15) is 0 Å². The number of rotatable bonds is 7. The summed E-state index contributed by atoms with van der Waals surface area (Å²) in [7, 11) is 0. The predicted molar refractivity (Wildman–Crippen MR) is 277 cm³/mol. The van der Waals surface area contributed by atoms with Gasteiger partial charge in [-0.1, -0.05) is 218 Å². The first kappa shape index (κ1) is 38.7. The van der Waals surface area contributed by atoms with Gasteiger partial charge in [0.2, 0.25) is 0 Å². The first-order valence-electron chi connectivity index (χ1n) is 23.7. The van der Waals surface area contributed by atoms with E-state index in [2.05, 4.69) is 254 Å². The molecule has 314 valence electrons. The van der Waals surface area contributed by atoms with E-state index in [-0.39, 0.29) is 5.41 Å². The summed E-state index contributed by atoms with van der Waals surface area (Å²) in [6.45, 7) is 0. The fourth-order valence-electron chi connectivity index (χ4n) is 12.5. The van der Waals surface area contributed by atoms with E-state index in [9.17, 15) is 0 Å². The molecule has 5 unspecified atom stereocenters. The Bertz CT molecular complexity index is 3360. The number of hydrogen-bond acceptors (Lipinski definition) is 1. The van der Waals surface area contributed by atoms with Gasteiger partial charge in [-0.05, 0) is 115 Å². The Morgan fingerprint density at radius 2 is 1.02 bits per heavy atom. The summed E-state index contributed by atoms with van der Waals surface area (Å²) < 4.78 is 0. The van der Waals surface area contributed by atoms with Crippen molar-refractivity contribution >= 4 is 27.8 Å². The molecule has 0 aliphatic heterocycles. The van der Waals surface area contributed by atoms with Gasteiger partial charge in [-0.25, -0.2) is 0 Å². The van der Waals surface area contributed by atoms with Gasteiger partial charge in [0.15, 0.2) is 0 Å². The minimum absolute atomic E-state index is 0.157. The number of nitrogens with zero attached hydrogens (tertiary/aromatic N) is 1. The molecule has 5 atom stereocenters. The summed E-state index contributed by atoms with van der Waals surface area (Å²) in [5, 5.41) is 2.50. The molecule has 8 aromatic rings. The van der Waals surface area contributed by atoms with Crippen LogP contribution in [0.25, 0.3) is 55.3 Å². The molecular weight excluding hydrogens is 795 g/mol. The van der Waals surface area contributed by atoms with Crippen molar-refractivity contribution in [1.82, 2.24) is 0 Å². The normalized spacial score (nSPS) is 21.8. The van der Waals surface area contributed by atoms with Crippen molar-refractivity contribution in [2.45, 2.75) is 24.2 Å². The molecule has 66 heavy (non-hydrogen) atoms. The number of allylic oxidation sites excluding steroid dienone is 12. The van der Waals surface area contributed by atoms with Gasteiger partial charge in [-0.2, -0.15) is 0 Å². The molecule has 0 saturated heterocycles. The van der Waals surface area contributed by atoms with Crippen LogP contribution in [0.4, 0.5) is 17.1 Å². The number of anilines is 3. The lowest BCUT2D eigenvalue weighted by Gasteiger charge is -2.41. The van der Waals surface area contributed by atoms with Gasteiger partial charge in [0.05, 0.1) is 5.69 Å². The highest BCUT2D eigenvalue weighted by Crippen LogP contribution is 2.69. The standard InChI is InChI=1S/C65H49N/c1-3-17-44(18-4-1)45-31-33-49(34-32-45)64-53-23-8-7-21-47(53)37-41-54(64)48-35-38-50(39-36-48)66(63-30-16-12-22-52(63)46-19-5-2-6-20-46)51-40-42-58-57-26-11-15-29-61(57)65(62(58)43-51)59-27-13-9-24-55(59)56-25-10-14-28-60(56)65/h1-9,11-13,15-43,55,57,59,61H,10,14H2. The van der Waals surface area contributed by atoms with Crippen LogP contribution in [0.5, 0.6) is 0 Å². The van der Waals surface area contributed by atoms with Gasteiger partial charge in [-0.3, -0.25) is 0 Å². The van der Waals surface area contributed by atoms with E-state index in [4.69, 9.17) is 0 Å². The third-order valence-electron chi connectivity index (χ3n) is 15.3. The molecule has 1 saturated carbocycles. The first-order chi connectivity index (χ1) is 32.8. The van der Waals surface area contributed by atoms with Crippen LogP contribution in [0, 0.1) is 17.8 Å². The van der Waals surface area contributed by atoms with E-state index in [0.29, 0.717) is 23.7 Å². The van der Waals surface area contributed by atoms with Crippen LogP contribution in [0.3, 0.4) is 0 Å². The first-order valence-corrected chi connectivity index (χ1v) is 23.7. The molecule has 0 heterocycles. The summed E-state index contributed by atoms with van der Waals surface area (Å²) in [5.41, 5.74) is 19.1. The van der Waals surface area contributed by atoms with Crippen LogP contribution in [-0.4, -0.2) is 0 Å². The maximum Gasteiger partial charge on any atom is 0.0540 e. The molecule has 1 heteroatoms. The zero-order chi connectivity index (χ0) is 43.6. The summed E-state index contributed by atoms with van der Waals surface area (Å²) in [6, 6.07) is 69.8. The van der Waals surface area contributed by atoms with Crippen LogP contribution in [0.2, 0.25) is 0 Å². The van der Waals surface area contributed by atoms with Gasteiger partial charge < -0.3 is 4.90 Å². The van der Waals surface area contributed by atoms with E-state index < -0.39 is 0 Å². The van der Waals surface area contributed by atoms with Crippen molar-refractivity contribution in [3.05, 3.63) is 271 Å². The highest BCUT2D eigenvalue weighted by atomic mass is 15.1. The average Bonchev–Trinajstić information content (AvgIpc) is 3.86. The minimum Gasteiger partial charge on any atom is -0.310 e. The fourth-order valence-corrected chi connectivity index (χ4v) is 12.5. The predicted octanol–water partition coefficient (Wildman–Crippen LogP) is 17.1. The van der Waals surface area contributed by atoms with Crippen LogP contribution in [0.1, 0.15) is 29.9 Å². The Morgan fingerprint density at radius 3 is 1.82 bits per heavy atom. The largest absolute Gasteiger partial charge is 0.310 e. The molecule has 1 fully saturated rings. The second kappa shape index (κ2) is 15.8. The van der Waals surface area contributed by atoms with Crippen LogP contribution < -0.4 is 4.90 Å². The van der Waals surface area contributed by atoms with Crippen molar-refractivity contribution in [2.75, 3.05) is 4.90 Å². The number of hydrogen-bond donors (Lipinski definition) is 0. The lowest BCUT2D eigenvalue weighted by Crippen LogP contribution is -2.38. The summed E-state index contributed by atoms with van der Waals surface area (Å²) in [5.74, 6) is 1.42. The van der Waals surface area contributed by atoms with Gasteiger partial charge in [0.25, 0.3) is 0 Å². The highest BCUT2D eigenvalue weighted by molar-refractivity contribution is 6.04. The molecule has 1 spiro atoms. The smallest absolute Gasteiger partial charge is 0.0540 e. The van der Waals surface area contributed by atoms with Crippen molar-refractivity contribution in [3.63, 3.8) is 0 Å². The zero-order valence-electron chi connectivity index (χ0n) is 36.8. The van der Waals surface area contributed by atoms with Gasteiger partial charge >= 0.3 is 0 Å². The Hall–Kier alpha value is -7.74. The summed E-state index contributed by atoms with van der Waals surface area (Å²) in [6.07, 6.45) is 26.6. The van der Waals surface area contributed by atoms with Gasteiger partial charge in [-0.15, -0.1) is 0 Å². The molecule has 0 radical (unpaired) electrons. The molecular formula is C65H49N. The second-order valence-electron chi connectivity index (χ2n) is 18.6. The van der Waals surface area contributed by atoms with Crippen LogP contribution in [-0.2, 0) is 5.41 Å². The monoisotopic (exact) mass is 843 g/mol. The van der Waals surface area contributed by atoms with Crippen molar-refractivity contribution in [2.24, 2.45) is 17.8 Å². The van der Waals surface area contributed by atoms with E-state index in [1.165, 1.54) is 72.1 Å². The third kappa shape index (κ3) is 6.00. The Labute approximate surface area is 388 Å². The summed E-state index contributed by atoms with van der Waals surface area (Å²) in [4.78, 5) is 2.52. The number of para-hydroxylation sites is 1. The molecule has 5 aliphatic carbocycles.